The Labute approximate surface area is 146 Å². The summed E-state index contributed by atoms with van der Waals surface area (Å²) in [6, 6.07) is 0. The lowest BCUT2D eigenvalue weighted by atomic mass is 9.51. The number of rotatable bonds is 4. The van der Waals surface area contributed by atoms with E-state index in [0.29, 0.717) is 24.2 Å². The summed E-state index contributed by atoms with van der Waals surface area (Å²) in [5.41, 5.74) is 0.939. The SMILES string of the molecule is CC1/C(=C/CCCO)C2CCC(O)C(C#CCC3(O)CCCC3)C12. The third-order valence-corrected chi connectivity index (χ3v) is 6.56. The van der Waals surface area contributed by atoms with Crippen molar-refractivity contribution in [1.82, 2.24) is 0 Å². The topological polar surface area (TPSA) is 60.7 Å². The van der Waals surface area contributed by atoms with E-state index in [1.165, 1.54) is 5.57 Å². The lowest BCUT2D eigenvalue weighted by Crippen LogP contribution is -2.50. The van der Waals surface area contributed by atoms with Crippen LogP contribution in [0.5, 0.6) is 0 Å². The van der Waals surface area contributed by atoms with Crippen molar-refractivity contribution in [2.75, 3.05) is 6.61 Å². The fourth-order valence-electron chi connectivity index (χ4n) is 5.15. The predicted octanol–water partition coefficient (Wildman–Crippen LogP) is 3.04. The summed E-state index contributed by atoms with van der Waals surface area (Å²) in [6.07, 6.45) is 10.2. The molecule has 0 saturated heterocycles. The van der Waals surface area contributed by atoms with Crippen LogP contribution in [0.25, 0.3) is 0 Å². The maximum Gasteiger partial charge on any atom is 0.0756 e. The monoisotopic (exact) mass is 332 g/mol. The zero-order valence-corrected chi connectivity index (χ0v) is 14.9. The third kappa shape index (κ3) is 3.57. The molecular weight excluding hydrogens is 300 g/mol. The molecule has 5 atom stereocenters. The molecule has 3 rings (SSSR count). The van der Waals surface area contributed by atoms with E-state index in [9.17, 15) is 10.2 Å². The van der Waals surface area contributed by atoms with Gasteiger partial charge in [-0.15, -0.1) is 0 Å². The molecule has 3 fully saturated rings. The van der Waals surface area contributed by atoms with Gasteiger partial charge >= 0.3 is 0 Å². The van der Waals surface area contributed by atoms with E-state index in [-0.39, 0.29) is 18.6 Å². The lowest BCUT2D eigenvalue weighted by Gasteiger charge is -2.53. The molecule has 0 heterocycles. The van der Waals surface area contributed by atoms with Crippen LogP contribution in [0.1, 0.15) is 64.7 Å². The molecule has 3 aliphatic carbocycles. The first-order chi connectivity index (χ1) is 11.6. The van der Waals surface area contributed by atoms with Crippen LogP contribution in [0.15, 0.2) is 11.6 Å². The first kappa shape index (κ1) is 18.0. The van der Waals surface area contributed by atoms with Crippen LogP contribution in [0.3, 0.4) is 0 Å². The summed E-state index contributed by atoms with van der Waals surface area (Å²) in [5.74, 6) is 8.14. The molecule has 0 aliphatic heterocycles. The van der Waals surface area contributed by atoms with Gasteiger partial charge in [-0.3, -0.25) is 0 Å². The van der Waals surface area contributed by atoms with E-state index in [4.69, 9.17) is 5.11 Å². The highest BCUT2D eigenvalue weighted by atomic mass is 16.3. The van der Waals surface area contributed by atoms with E-state index in [2.05, 4.69) is 24.8 Å². The van der Waals surface area contributed by atoms with Crippen molar-refractivity contribution in [3.63, 3.8) is 0 Å². The van der Waals surface area contributed by atoms with Gasteiger partial charge in [0.2, 0.25) is 0 Å². The van der Waals surface area contributed by atoms with Crippen LogP contribution in [0, 0.1) is 35.5 Å². The van der Waals surface area contributed by atoms with Crippen LogP contribution in [0.2, 0.25) is 0 Å². The van der Waals surface area contributed by atoms with Gasteiger partial charge in [-0.25, -0.2) is 0 Å². The van der Waals surface area contributed by atoms with Crippen LogP contribution in [0.4, 0.5) is 0 Å². The molecular formula is C21H32O3. The molecule has 24 heavy (non-hydrogen) atoms. The van der Waals surface area contributed by atoms with Crippen molar-refractivity contribution >= 4 is 0 Å². The first-order valence-corrected chi connectivity index (χ1v) is 9.75. The van der Waals surface area contributed by atoms with E-state index in [1.807, 2.05) is 0 Å². The highest BCUT2D eigenvalue weighted by Gasteiger charge is 2.50. The Balaban J connectivity index is 1.64. The molecule has 0 spiro atoms. The summed E-state index contributed by atoms with van der Waals surface area (Å²) in [4.78, 5) is 0. The molecule has 3 nitrogen and oxygen atoms in total. The van der Waals surface area contributed by atoms with E-state index in [1.54, 1.807) is 0 Å². The van der Waals surface area contributed by atoms with Gasteiger partial charge in [0.1, 0.15) is 0 Å². The molecule has 134 valence electrons. The second kappa shape index (κ2) is 7.60. The van der Waals surface area contributed by atoms with Crippen molar-refractivity contribution in [1.29, 1.82) is 0 Å². The molecule has 0 radical (unpaired) electrons. The van der Waals surface area contributed by atoms with Crippen LogP contribution < -0.4 is 0 Å². The second-order valence-corrected chi connectivity index (χ2v) is 8.14. The minimum absolute atomic E-state index is 0.0544. The van der Waals surface area contributed by atoms with Crippen molar-refractivity contribution < 1.29 is 15.3 Å². The van der Waals surface area contributed by atoms with Gasteiger partial charge in [0.05, 0.1) is 17.6 Å². The normalized spacial score (nSPS) is 39.0. The van der Waals surface area contributed by atoms with Gasteiger partial charge in [0.25, 0.3) is 0 Å². The number of hydrogen-bond donors (Lipinski definition) is 3. The van der Waals surface area contributed by atoms with Gasteiger partial charge < -0.3 is 15.3 Å². The average Bonchev–Trinajstić information content (AvgIpc) is 2.99. The van der Waals surface area contributed by atoms with Crippen LogP contribution >= 0.6 is 0 Å². The van der Waals surface area contributed by atoms with E-state index >= 15 is 0 Å². The van der Waals surface area contributed by atoms with Crippen molar-refractivity contribution in [2.24, 2.45) is 23.7 Å². The Hall–Kier alpha value is -0.820. The van der Waals surface area contributed by atoms with Crippen molar-refractivity contribution in [3.8, 4) is 11.8 Å². The molecule has 0 aromatic heterocycles. The highest BCUT2D eigenvalue weighted by Crippen LogP contribution is 2.55. The number of hydrogen-bond acceptors (Lipinski definition) is 3. The minimum Gasteiger partial charge on any atom is -0.396 e. The second-order valence-electron chi connectivity index (χ2n) is 8.14. The summed E-state index contributed by atoms with van der Waals surface area (Å²) in [7, 11) is 0. The molecule has 0 bridgehead atoms. The smallest absolute Gasteiger partial charge is 0.0756 e. The van der Waals surface area contributed by atoms with Gasteiger partial charge in [-0.05, 0) is 56.3 Å². The molecule has 5 unspecified atom stereocenters. The number of allylic oxidation sites excluding steroid dienone is 2. The van der Waals surface area contributed by atoms with E-state index in [0.717, 1.165) is 51.4 Å². The molecule has 0 aromatic rings. The van der Waals surface area contributed by atoms with Gasteiger partial charge in [0.15, 0.2) is 0 Å². The zero-order chi connectivity index (χ0) is 17.2. The minimum atomic E-state index is -0.577. The Morgan fingerprint density at radius 1 is 1.25 bits per heavy atom. The van der Waals surface area contributed by atoms with Crippen LogP contribution in [-0.4, -0.2) is 33.6 Å². The maximum atomic E-state index is 10.4. The first-order valence-electron chi connectivity index (χ1n) is 9.75. The Morgan fingerprint density at radius 2 is 2.00 bits per heavy atom. The molecule has 3 heteroatoms. The summed E-state index contributed by atoms with van der Waals surface area (Å²) in [6.45, 7) is 2.51. The average molecular weight is 332 g/mol. The van der Waals surface area contributed by atoms with Gasteiger partial charge in [0, 0.05) is 13.0 Å². The standard InChI is InChI=1S/C21H32O3/c1-15-16(7-2-5-14-22)17-9-10-19(23)18(20(15)17)8-6-13-21(24)11-3-4-12-21/h7,15,17-20,22-24H,2-5,9-14H2,1H3/b16-7-. The molecule has 3 saturated carbocycles. The van der Waals surface area contributed by atoms with Crippen LogP contribution in [-0.2, 0) is 0 Å². The number of unbranched alkanes of at least 4 members (excludes halogenated alkanes) is 1. The fourth-order valence-corrected chi connectivity index (χ4v) is 5.15. The Morgan fingerprint density at radius 3 is 2.71 bits per heavy atom. The number of fused-ring (bicyclic) bond motifs is 1. The zero-order valence-electron chi connectivity index (χ0n) is 14.9. The largest absolute Gasteiger partial charge is 0.396 e. The van der Waals surface area contributed by atoms with Gasteiger partial charge in [-0.1, -0.05) is 43.3 Å². The van der Waals surface area contributed by atoms with Gasteiger partial charge in [-0.2, -0.15) is 0 Å². The number of aliphatic hydroxyl groups is 3. The van der Waals surface area contributed by atoms with Crippen molar-refractivity contribution in [2.45, 2.75) is 76.4 Å². The van der Waals surface area contributed by atoms with Crippen molar-refractivity contribution in [3.05, 3.63) is 11.6 Å². The Bertz CT molecular complexity index is 521. The third-order valence-electron chi connectivity index (χ3n) is 6.56. The molecule has 0 aromatic carbocycles. The van der Waals surface area contributed by atoms with E-state index < -0.39 is 5.60 Å². The fraction of sp³-hybridized carbons (Fsp3) is 0.810. The maximum absolute atomic E-state index is 10.4. The summed E-state index contributed by atoms with van der Waals surface area (Å²) < 4.78 is 0. The Kier molecular flexibility index (Phi) is 5.70. The lowest BCUT2D eigenvalue weighted by molar-refractivity contribution is -0.0140. The summed E-state index contributed by atoms with van der Waals surface area (Å²) in [5, 5.41) is 29.8. The molecule has 3 N–H and O–H groups in total. The molecule has 3 aliphatic rings. The number of aliphatic hydroxyl groups excluding tert-OH is 2. The predicted molar refractivity (Wildman–Crippen MR) is 95.1 cm³/mol. The molecule has 0 amide bonds. The quantitative estimate of drug-likeness (QED) is 0.421. The highest BCUT2D eigenvalue weighted by molar-refractivity contribution is 5.29. The summed E-state index contributed by atoms with van der Waals surface area (Å²) >= 11 is 0.